The minimum atomic E-state index is -3.95. The number of rotatable bonds is 9. The molecule has 0 heterocycles. The van der Waals surface area contributed by atoms with Gasteiger partial charge in [0, 0.05) is 19.7 Å². The Morgan fingerprint density at radius 2 is 1.68 bits per heavy atom. The van der Waals surface area contributed by atoms with Crippen LogP contribution in [0.4, 0.5) is 10.1 Å². The standard InChI is InChI=1S/C25H27FN2O5S/c1-18-9-14-21(34(30,31)28(3)23-7-5-6-8-24(23)32-4)17-22(18)25(29)27(2)15-16-33-20-12-10-19(26)11-13-20/h5-14,17H,15-16H2,1-4H3. The Morgan fingerprint density at radius 1 is 1.00 bits per heavy atom. The lowest BCUT2D eigenvalue weighted by atomic mass is 10.1. The first-order chi connectivity index (χ1) is 16.1. The van der Waals surface area contributed by atoms with Gasteiger partial charge in [0.25, 0.3) is 15.9 Å². The van der Waals surface area contributed by atoms with Crippen LogP contribution in [0.3, 0.4) is 0 Å². The minimum absolute atomic E-state index is 0.00850. The first-order valence-electron chi connectivity index (χ1n) is 10.5. The van der Waals surface area contributed by atoms with Crippen molar-refractivity contribution in [2.45, 2.75) is 11.8 Å². The number of sulfonamides is 1. The number of ether oxygens (including phenoxy) is 2. The van der Waals surface area contributed by atoms with Crippen molar-refractivity contribution in [3.63, 3.8) is 0 Å². The molecule has 0 saturated heterocycles. The highest BCUT2D eigenvalue weighted by Crippen LogP contribution is 2.31. The van der Waals surface area contributed by atoms with E-state index < -0.39 is 10.0 Å². The Kier molecular flexibility index (Phi) is 7.78. The molecule has 3 aromatic carbocycles. The molecule has 7 nitrogen and oxygen atoms in total. The third kappa shape index (κ3) is 5.48. The van der Waals surface area contributed by atoms with Crippen LogP contribution < -0.4 is 13.8 Å². The molecule has 0 unspecified atom stereocenters. The van der Waals surface area contributed by atoms with Gasteiger partial charge in [0.1, 0.15) is 23.9 Å². The lowest BCUT2D eigenvalue weighted by molar-refractivity contribution is 0.0773. The summed E-state index contributed by atoms with van der Waals surface area (Å²) >= 11 is 0. The first kappa shape index (κ1) is 25.0. The number of hydrogen-bond acceptors (Lipinski definition) is 5. The molecular weight excluding hydrogens is 459 g/mol. The normalized spacial score (nSPS) is 11.1. The summed E-state index contributed by atoms with van der Waals surface area (Å²) < 4.78 is 51.6. The largest absolute Gasteiger partial charge is 0.495 e. The van der Waals surface area contributed by atoms with Crippen molar-refractivity contribution >= 4 is 21.6 Å². The van der Waals surface area contributed by atoms with Crippen molar-refractivity contribution in [3.05, 3.63) is 83.7 Å². The maximum atomic E-state index is 13.3. The lowest BCUT2D eigenvalue weighted by Crippen LogP contribution is -2.32. The molecule has 180 valence electrons. The van der Waals surface area contributed by atoms with Gasteiger partial charge in [-0.3, -0.25) is 9.10 Å². The molecule has 0 radical (unpaired) electrons. The van der Waals surface area contributed by atoms with E-state index in [0.29, 0.717) is 22.7 Å². The van der Waals surface area contributed by atoms with Gasteiger partial charge >= 0.3 is 0 Å². The molecule has 34 heavy (non-hydrogen) atoms. The molecule has 0 aliphatic carbocycles. The Morgan fingerprint density at radius 3 is 2.35 bits per heavy atom. The average molecular weight is 487 g/mol. The molecule has 0 atom stereocenters. The van der Waals surface area contributed by atoms with Crippen molar-refractivity contribution in [3.8, 4) is 11.5 Å². The molecule has 0 N–H and O–H groups in total. The van der Waals surface area contributed by atoms with E-state index in [4.69, 9.17) is 9.47 Å². The number of hydrogen-bond donors (Lipinski definition) is 0. The number of aryl methyl sites for hydroxylation is 1. The van der Waals surface area contributed by atoms with Crippen LogP contribution in [0.15, 0.2) is 71.6 Å². The van der Waals surface area contributed by atoms with Gasteiger partial charge in [-0.25, -0.2) is 12.8 Å². The summed E-state index contributed by atoms with van der Waals surface area (Å²) in [5.74, 6) is 0.210. The Hall–Kier alpha value is -3.59. The fourth-order valence-corrected chi connectivity index (χ4v) is 4.54. The predicted octanol–water partition coefficient (Wildman–Crippen LogP) is 4.12. The van der Waals surface area contributed by atoms with Gasteiger partial charge in [0.2, 0.25) is 0 Å². The van der Waals surface area contributed by atoms with Gasteiger partial charge < -0.3 is 14.4 Å². The molecule has 3 aromatic rings. The zero-order valence-corrected chi connectivity index (χ0v) is 20.3. The smallest absolute Gasteiger partial charge is 0.264 e. The number of nitrogens with zero attached hydrogens (tertiary/aromatic N) is 2. The summed E-state index contributed by atoms with van der Waals surface area (Å²) in [6, 6.07) is 16.9. The second kappa shape index (κ2) is 10.6. The van der Waals surface area contributed by atoms with E-state index in [-0.39, 0.29) is 35.3 Å². The highest BCUT2D eigenvalue weighted by atomic mass is 32.2. The molecule has 0 fully saturated rings. The maximum Gasteiger partial charge on any atom is 0.264 e. The van der Waals surface area contributed by atoms with Gasteiger partial charge in [0.05, 0.1) is 24.2 Å². The zero-order valence-electron chi connectivity index (χ0n) is 19.5. The van der Waals surface area contributed by atoms with Gasteiger partial charge in [-0.05, 0) is 61.0 Å². The minimum Gasteiger partial charge on any atom is -0.495 e. The lowest BCUT2D eigenvalue weighted by Gasteiger charge is -2.23. The van der Waals surface area contributed by atoms with E-state index in [1.807, 2.05) is 0 Å². The molecular formula is C25H27FN2O5S. The van der Waals surface area contributed by atoms with Crippen molar-refractivity contribution in [1.29, 1.82) is 0 Å². The zero-order chi connectivity index (χ0) is 24.9. The third-order valence-corrected chi connectivity index (χ3v) is 7.15. The topological polar surface area (TPSA) is 76.2 Å². The Bertz CT molecular complexity index is 1260. The van der Waals surface area contributed by atoms with Crippen molar-refractivity contribution in [2.24, 2.45) is 0 Å². The number of carbonyl (C=O) groups excluding carboxylic acids is 1. The van der Waals surface area contributed by atoms with E-state index in [1.165, 1.54) is 55.5 Å². The molecule has 0 aliphatic rings. The quantitative estimate of drug-likeness (QED) is 0.455. The Balaban J connectivity index is 1.77. The summed E-state index contributed by atoms with van der Waals surface area (Å²) in [6.07, 6.45) is 0. The molecule has 0 saturated carbocycles. The van der Waals surface area contributed by atoms with E-state index in [9.17, 15) is 17.6 Å². The van der Waals surface area contributed by atoms with E-state index >= 15 is 0 Å². The second-order valence-corrected chi connectivity index (χ2v) is 9.62. The van der Waals surface area contributed by atoms with Crippen LogP contribution in [-0.4, -0.2) is 53.6 Å². The average Bonchev–Trinajstić information content (AvgIpc) is 2.84. The van der Waals surface area contributed by atoms with Crippen LogP contribution in [-0.2, 0) is 10.0 Å². The van der Waals surface area contributed by atoms with E-state index in [2.05, 4.69) is 0 Å². The summed E-state index contributed by atoms with van der Waals surface area (Å²) in [6.45, 7) is 2.20. The molecule has 1 amide bonds. The molecule has 9 heteroatoms. The van der Waals surface area contributed by atoms with Gasteiger partial charge in [-0.1, -0.05) is 18.2 Å². The number of methoxy groups -OCH3 is 1. The summed E-state index contributed by atoms with van der Waals surface area (Å²) in [5.41, 5.74) is 1.31. The maximum absolute atomic E-state index is 13.3. The van der Waals surface area contributed by atoms with E-state index in [1.54, 1.807) is 44.3 Å². The number of carbonyl (C=O) groups is 1. The monoisotopic (exact) mass is 486 g/mol. The Labute approximate surface area is 199 Å². The number of amides is 1. The molecule has 0 aromatic heterocycles. The van der Waals surface area contributed by atoms with Gasteiger partial charge in [-0.2, -0.15) is 0 Å². The van der Waals surface area contributed by atoms with Gasteiger partial charge in [-0.15, -0.1) is 0 Å². The summed E-state index contributed by atoms with van der Waals surface area (Å²) in [4.78, 5) is 14.5. The molecule has 0 bridgehead atoms. The van der Waals surface area contributed by atoms with Gasteiger partial charge in [0.15, 0.2) is 0 Å². The SMILES string of the molecule is COc1ccccc1N(C)S(=O)(=O)c1ccc(C)c(C(=O)N(C)CCOc2ccc(F)cc2)c1. The van der Waals surface area contributed by atoms with Crippen LogP contribution in [0, 0.1) is 12.7 Å². The number of anilines is 1. The number of likely N-dealkylation sites (N-methyl/N-ethyl adjacent to an activating group) is 1. The highest BCUT2D eigenvalue weighted by Gasteiger charge is 2.26. The summed E-state index contributed by atoms with van der Waals surface area (Å²) in [7, 11) is 0.564. The molecule has 0 aliphatic heterocycles. The number of benzene rings is 3. The van der Waals surface area contributed by atoms with Crippen molar-refractivity contribution < 1.29 is 27.1 Å². The first-order valence-corrected chi connectivity index (χ1v) is 12.0. The third-order valence-electron chi connectivity index (χ3n) is 5.38. The molecule has 0 spiro atoms. The summed E-state index contributed by atoms with van der Waals surface area (Å²) in [5, 5.41) is 0. The van der Waals surface area contributed by atoms with Crippen molar-refractivity contribution in [1.82, 2.24) is 4.90 Å². The van der Waals surface area contributed by atoms with Crippen molar-refractivity contribution in [2.75, 3.05) is 38.7 Å². The predicted molar refractivity (Wildman–Crippen MR) is 129 cm³/mol. The van der Waals surface area contributed by atoms with Crippen LogP contribution in [0.2, 0.25) is 0 Å². The van der Waals surface area contributed by atoms with E-state index in [0.717, 1.165) is 4.31 Å². The fraction of sp³-hybridized carbons (Fsp3) is 0.240. The highest BCUT2D eigenvalue weighted by molar-refractivity contribution is 7.92. The number of halogens is 1. The van der Waals surface area contributed by atoms with Crippen LogP contribution in [0.25, 0.3) is 0 Å². The molecule has 3 rings (SSSR count). The van der Waals surface area contributed by atoms with Crippen LogP contribution in [0.5, 0.6) is 11.5 Å². The van der Waals surface area contributed by atoms with Crippen LogP contribution in [0.1, 0.15) is 15.9 Å². The fourth-order valence-electron chi connectivity index (χ4n) is 3.31. The second-order valence-electron chi connectivity index (χ2n) is 7.65. The number of para-hydroxylation sites is 2. The van der Waals surface area contributed by atoms with Crippen LogP contribution >= 0.6 is 0 Å².